The highest BCUT2D eigenvalue weighted by atomic mass is 16.5. The van der Waals surface area contributed by atoms with Crippen molar-refractivity contribution < 1.29 is 4.74 Å². The number of likely N-dealkylation sites (N-methyl/N-ethyl adjacent to an activating group) is 1. The molecule has 1 aromatic rings. The molecule has 0 unspecified atom stereocenters. The molecule has 0 saturated carbocycles. The Labute approximate surface area is 91.6 Å². The molecule has 1 N–H and O–H groups in total. The molecule has 0 amide bonds. The topological polar surface area (TPSA) is 21.3 Å². The summed E-state index contributed by atoms with van der Waals surface area (Å²) in [7, 11) is 2.02. The van der Waals surface area contributed by atoms with E-state index in [4.69, 9.17) is 4.74 Å². The van der Waals surface area contributed by atoms with E-state index in [1.54, 1.807) is 0 Å². The Morgan fingerprint density at radius 1 is 1.20 bits per heavy atom. The third kappa shape index (κ3) is 1.48. The van der Waals surface area contributed by atoms with Crippen LogP contribution in [0.1, 0.15) is 19.4 Å². The molecule has 1 saturated heterocycles. The van der Waals surface area contributed by atoms with Crippen LogP contribution in [0.25, 0.3) is 0 Å². The van der Waals surface area contributed by atoms with E-state index in [1.807, 2.05) is 7.05 Å². The lowest BCUT2D eigenvalue weighted by Gasteiger charge is -2.52. The average Bonchev–Trinajstić information content (AvgIpc) is 2.17. The Bertz CT molecular complexity index is 328. The number of hydrogen-bond donors (Lipinski definition) is 1. The second-order valence-corrected chi connectivity index (χ2v) is 4.82. The molecule has 0 bridgehead atoms. The van der Waals surface area contributed by atoms with Gasteiger partial charge < -0.3 is 10.1 Å². The van der Waals surface area contributed by atoms with Crippen molar-refractivity contribution in [1.29, 1.82) is 0 Å². The van der Waals surface area contributed by atoms with Gasteiger partial charge in [0, 0.05) is 5.54 Å². The van der Waals surface area contributed by atoms with E-state index >= 15 is 0 Å². The predicted octanol–water partition coefficient (Wildman–Crippen LogP) is 1.95. The van der Waals surface area contributed by atoms with Crippen LogP contribution in [-0.4, -0.2) is 25.8 Å². The molecule has 1 aliphatic heterocycles. The summed E-state index contributed by atoms with van der Waals surface area (Å²) in [5, 5.41) is 3.40. The number of benzene rings is 1. The second-order valence-electron chi connectivity index (χ2n) is 4.82. The fraction of sp³-hybridized carbons (Fsp3) is 0.538. The van der Waals surface area contributed by atoms with Crippen molar-refractivity contribution in [3.05, 3.63) is 35.9 Å². The predicted molar refractivity (Wildman–Crippen MR) is 62.1 cm³/mol. The van der Waals surface area contributed by atoms with Gasteiger partial charge in [-0.1, -0.05) is 30.3 Å². The number of nitrogens with one attached hydrogen (secondary N) is 1. The molecule has 0 radical (unpaired) electrons. The highest BCUT2D eigenvalue weighted by molar-refractivity contribution is 5.33. The van der Waals surface area contributed by atoms with Crippen molar-refractivity contribution in [2.75, 3.05) is 20.3 Å². The first-order chi connectivity index (χ1) is 7.12. The summed E-state index contributed by atoms with van der Waals surface area (Å²) in [5.41, 5.74) is 1.56. The molecule has 0 spiro atoms. The summed E-state index contributed by atoms with van der Waals surface area (Å²) in [6, 6.07) is 10.6. The first-order valence-electron chi connectivity index (χ1n) is 5.45. The lowest BCUT2D eigenvalue weighted by molar-refractivity contribution is -0.0991. The van der Waals surface area contributed by atoms with Gasteiger partial charge >= 0.3 is 0 Å². The summed E-state index contributed by atoms with van der Waals surface area (Å²) < 4.78 is 5.44. The van der Waals surface area contributed by atoms with Crippen LogP contribution in [0.3, 0.4) is 0 Å². The van der Waals surface area contributed by atoms with Gasteiger partial charge in [-0.15, -0.1) is 0 Å². The minimum absolute atomic E-state index is 0.0621. The SMILES string of the molecule is CNC(C)(C)C1(c2ccccc2)COC1. The Balaban J connectivity index is 2.39. The summed E-state index contributed by atoms with van der Waals surface area (Å²) in [6.07, 6.45) is 0. The summed E-state index contributed by atoms with van der Waals surface area (Å²) in [5.74, 6) is 0. The summed E-state index contributed by atoms with van der Waals surface area (Å²) in [4.78, 5) is 0. The first-order valence-corrected chi connectivity index (χ1v) is 5.45. The molecule has 1 fully saturated rings. The molecule has 15 heavy (non-hydrogen) atoms. The molecule has 0 aromatic heterocycles. The van der Waals surface area contributed by atoms with Gasteiger partial charge in [0.25, 0.3) is 0 Å². The Kier molecular flexibility index (Phi) is 2.57. The number of hydrogen-bond acceptors (Lipinski definition) is 2. The maximum atomic E-state index is 5.44. The van der Waals surface area contributed by atoms with Crippen LogP contribution < -0.4 is 5.32 Å². The molecule has 0 aliphatic carbocycles. The average molecular weight is 205 g/mol. The standard InChI is InChI=1S/C13H19NO/c1-12(2,14-3)13(9-15-10-13)11-7-5-4-6-8-11/h4-8,14H,9-10H2,1-3H3. The van der Waals surface area contributed by atoms with Gasteiger partial charge in [0.05, 0.1) is 18.6 Å². The minimum atomic E-state index is 0.0621. The Morgan fingerprint density at radius 3 is 2.20 bits per heavy atom. The maximum absolute atomic E-state index is 5.44. The van der Waals surface area contributed by atoms with Crippen LogP contribution in [0.5, 0.6) is 0 Å². The number of ether oxygens (including phenoxy) is 1. The first kappa shape index (κ1) is 10.7. The third-order valence-electron chi connectivity index (χ3n) is 3.84. The van der Waals surface area contributed by atoms with Crippen LogP contribution in [0.2, 0.25) is 0 Å². The summed E-state index contributed by atoms with van der Waals surface area (Å²) in [6.45, 7) is 6.10. The van der Waals surface area contributed by atoms with Gasteiger partial charge in [-0.3, -0.25) is 0 Å². The lowest BCUT2D eigenvalue weighted by atomic mass is 9.65. The van der Waals surface area contributed by atoms with Gasteiger partial charge in [-0.05, 0) is 26.5 Å². The van der Waals surface area contributed by atoms with Crippen LogP contribution in [0.15, 0.2) is 30.3 Å². The molecule has 2 heteroatoms. The van der Waals surface area contributed by atoms with Crippen molar-refractivity contribution >= 4 is 0 Å². The van der Waals surface area contributed by atoms with E-state index in [-0.39, 0.29) is 11.0 Å². The quantitative estimate of drug-likeness (QED) is 0.814. The molecule has 2 rings (SSSR count). The lowest BCUT2D eigenvalue weighted by Crippen LogP contribution is -2.65. The smallest absolute Gasteiger partial charge is 0.0603 e. The highest BCUT2D eigenvalue weighted by Gasteiger charge is 2.51. The third-order valence-corrected chi connectivity index (χ3v) is 3.84. The minimum Gasteiger partial charge on any atom is -0.379 e. The van der Waals surface area contributed by atoms with E-state index in [0.29, 0.717) is 0 Å². The Morgan fingerprint density at radius 2 is 1.80 bits per heavy atom. The van der Waals surface area contributed by atoms with Crippen LogP contribution in [0.4, 0.5) is 0 Å². The van der Waals surface area contributed by atoms with E-state index in [2.05, 4.69) is 49.5 Å². The van der Waals surface area contributed by atoms with Crippen LogP contribution >= 0.6 is 0 Å². The largest absolute Gasteiger partial charge is 0.379 e. The summed E-state index contributed by atoms with van der Waals surface area (Å²) >= 11 is 0. The monoisotopic (exact) mass is 205 g/mol. The van der Waals surface area contributed by atoms with Crippen molar-refractivity contribution in [3.8, 4) is 0 Å². The van der Waals surface area contributed by atoms with Crippen LogP contribution in [-0.2, 0) is 10.2 Å². The molecular weight excluding hydrogens is 186 g/mol. The van der Waals surface area contributed by atoms with Crippen molar-refractivity contribution in [2.45, 2.75) is 24.8 Å². The highest BCUT2D eigenvalue weighted by Crippen LogP contribution is 2.41. The molecule has 2 nitrogen and oxygen atoms in total. The van der Waals surface area contributed by atoms with Crippen molar-refractivity contribution in [2.24, 2.45) is 0 Å². The van der Waals surface area contributed by atoms with Gasteiger partial charge in [0.1, 0.15) is 0 Å². The van der Waals surface area contributed by atoms with E-state index in [0.717, 1.165) is 13.2 Å². The van der Waals surface area contributed by atoms with Gasteiger partial charge in [-0.25, -0.2) is 0 Å². The van der Waals surface area contributed by atoms with Crippen molar-refractivity contribution in [1.82, 2.24) is 5.32 Å². The zero-order valence-electron chi connectivity index (χ0n) is 9.71. The molecule has 1 aliphatic rings. The zero-order valence-corrected chi connectivity index (χ0v) is 9.71. The zero-order chi connectivity index (χ0) is 10.9. The fourth-order valence-electron chi connectivity index (χ4n) is 2.19. The van der Waals surface area contributed by atoms with Crippen molar-refractivity contribution in [3.63, 3.8) is 0 Å². The van der Waals surface area contributed by atoms with E-state index in [9.17, 15) is 0 Å². The van der Waals surface area contributed by atoms with Gasteiger partial charge in [-0.2, -0.15) is 0 Å². The molecular formula is C13H19NO. The molecule has 1 aromatic carbocycles. The Hall–Kier alpha value is -0.860. The van der Waals surface area contributed by atoms with Gasteiger partial charge in [0.2, 0.25) is 0 Å². The second kappa shape index (κ2) is 3.62. The molecule has 82 valence electrons. The fourth-order valence-corrected chi connectivity index (χ4v) is 2.19. The maximum Gasteiger partial charge on any atom is 0.0603 e. The van der Waals surface area contributed by atoms with Crippen LogP contribution in [0, 0.1) is 0 Å². The molecule has 1 heterocycles. The van der Waals surface area contributed by atoms with Gasteiger partial charge in [0.15, 0.2) is 0 Å². The normalized spacial score (nSPS) is 19.7. The van der Waals surface area contributed by atoms with E-state index in [1.165, 1.54) is 5.56 Å². The van der Waals surface area contributed by atoms with E-state index < -0.39 is 0 Å². The molecule has 0 atom stereocenters. The number of rotatable bonds is 3.